The van der Waals surface area contributed by atoms with E-state index in [0.29, 0.717) is 0 Å². The van der Waals surface area contributed by atoms with Gasteiger partial charge in [-0.2, -0.15) is 4.39 Å². The summed E-state index contributed by atoms with van der Waals surface area (Å²) in [4.78, 5) is 33.2. The predicted octanol–water partition coefficient (Wildman–Crippen LogP) is 2.00. The Morgan fingerprint density at radius 1 is 1.45 bits per heavy atom. The van der Waals surface area contributed by atoms with Gasteiger partial charge in [0.05, 0.1) is 10.4 Å². The van der Waals surface area contributed by atoms with Crippen molar-refractivity contribution in [2.75, 3.05) is 0 Å². The molecule has 0 saturated heterocycles. The van der Waals surface area contributed by atoms with Crippen molar-refractivity contribution in [1.29, 1.82) is 0 Å². The number of carbonyl (C=O) groups is 1. The quantitative estimate of drug-likeness (QED) is 0.675. The molecule has 1 atom stereocenters. The molecule has 0 saturated carbocycles. The monoisotopic (exact) mass is 310 g/mol. The van der Waals surface area contributed by atoms with Crippen LogP contribution >= 0.6 is 0 Å². The lowest BCUT2D eigenvalue weighted by molar-refractivity contribution is -0.386. The lowest BCUT2D eigenvalue weighted by Crippen LogP contribution is -2.20. The normalized spacial score (nSPS) is 16.2. The summed E-state index contributed by atoms with van der Waals surface area (Å²) in [5.74, 6) is -4.71. The van der Waals surface area contributed by atoms with E-state index in [9.17, 15) is 28.5 Å². The summed E-state index contributed by atoms with van der Waals surface area (Å²) in [7, 11) is 0. The van der Waals surface area contributed by atoms with E-state index in [0.717, 1.165) is 6.20 Å². The molecule has 1 aliphatic heterocycles. The molecule has 0 bridgehead atoms. The SMILES string of the molecule is C[C@H]1Cc2c(F)c(F)c([N+](=O)[O-])c3c(=O)c(C(=O)O)cn1c23. The van der Waals surface area contributed by atoms with Crippen molar-refractivity contribution in [1.82, 2.24) is 4.57 Å². The van der Waals surface area contributed by atoms with Crippen molar-refractivity contribution in [2.24, 2.45) is 0 Å². The summed E-state index contributed by atoms with van der Waals surface area (Å²) in [6.07, 6.45) is 1.02. The van der Waals surface area contributed by atoms with Gasteiger partial charge in [0, 0.05) is 17.8 Å². The number of nitrogens with zero attached hydrogens (tertiary/aromatic N) is 2. The van der Waals surface area contributed by atoms with Gasteiger partial charge in [-0.05, 0) is 13.3 Å². The van der Waals surface area contributed by atoms with Gasteiger partial charge in [-0.1, -0.05) is 0 Å². The molecule has 3 rings (SSSR count). The standard InChI is InChI=1S/C13H8F2N2O5/c1-4-2-5-8(14)9(15)11(17(21)22)7-10(5)16(4)3-6(12(7)18)13(19)20/h3-4H,2H2,1H3,(H,19,20)/t4-/m0/s1. The maximum Gasteiger partial charge on any atom is 0.341 e. The summed E-state index contributed by atoms with van der Waals surface area (Å²) in [6, 6.07) is -0.452. The molecule has 1 aromatic heterocycles. The minimum absolute atomic E-state index is 0.0137. The number of benzene rings is 1. The second-order valence-electron chi connectivity index (χ2n) is 5.07. The van der Waals surface area contributed by atoms with Gasteiger partial charge >= 0.3 is 11.7 Å². The van der Waals surface area contributed by atoms with Crippen LogP contribution in [0.4, 0.5) is 14.5 Å². The van der Waals surface area contributed by atoms with Crippen molar-refractivity contribution in [3.05, 3.63) is 49.3 Å². The van der Waals surface area contributed by atoms with E-state index in [2.05, 4.69) is 0 Å². The van der Waals surface area contributed by atoms with Crippen molar-refractivity contribution in [3.63, 3.8) is 0 Å². The molecule has 2 aromatic rings. The number of aromatic nitrogens is 1. The lowest BCUT2D eigenvalue weighted by atomic mass is 10.0. The highest BCUT2D eigenvalue weighted by Gasteiger charge is 2.36. The average molecular weight is 310 g/mol. The van der Waals surface area contributed by atoms with Gasteiger partial charge in [0.1, 0.15) is 10.9 Å². The molecule has 22 heavy (non-hydrogen) atoms. The predicted molar refractivity (Wildman–Crippen MR) is 70.2 cm³/mol. The fraction of sp³-hybridized carbons (Fsp3) is 0.231. The van der Waals surface area contributed by atoms with Crippen molar-refractivity contribution in [3.8, 4) is 0 Å². The Hall–Kier alpha value is -2.84. The Kier molecular flexibility index (Phi) is 2.77. The molecule has 1 aliphatic rings. The number of hydrogen-bond acceptors (Lipinski definition) is 4. The topological polar surface area (TPSA) is 102 Å². The number of nitro groups is 1. The van der Waals surface area contributed by atoms with Crippen LogP contribution in [0.5, 0.6) is 0 Å². The molecule has 0 unspecified atom stereocenters. The zero-order valence-electron chi connectivity index (χ0n) is 11.1. The number of rotatable bonds is 2. The molecule has 0 spiro atoms. The fourth-order valence-electron chi connectivity index (χ4n) is 2.86. The van der Waals surface area contributed by atoms with Crippen molar-refractivity contribution >= 4 is 22.6 Å². The van der Waals surface area contributed by atoms with E-state index >= 15 is 0 Å². The molecule has 0 aliphatic carbocycles. The molecule has 1 N–H and O–H groups in total. The Morgan fingerprint density at radius 2 is 2.09 bits per heavy atom. The lowest BCUT2D eigenvalue weighted by Gasteiger charge is -2.11. The highest BCUT2D eigenvalue weighted by Crippen LogP contribution is 2.39. The van der Waals surface area contributed by atoms with Gasteiger partial charge < -0.3 is 9.67 Å². The Bertz CT molecular complexity index is 935. The maximum absolute atomic E-state index is 14.0. The number of carboxylic acid groups (broad SMARTS) is 1. The smallest absolute Gasteiger partial charge is 0.341 e. The summed E-state index contributed by atoms with van der Waals surface area (Å²) in [5.41, 5.74) is -3.51. The molecule has 1 aromatic carbocycles. The second-order valence-corrected chi connectivity index (χ2v) is 5.07. The van der Waals surface area contributed by atoms with Crippen LogP contribution in [0.25, 0.3) is 10.9 Å². The number of hydrogen-bond donors (Lipinski definition) is 1. The molecule has 0 radical (unpaired) electrons. The first-order valence-corrected chi connectivity index (χ1v) is 6.22. The van der Waals surface area contributed by atoms with Crippen LogP contribution in [0.1, 0.15) is 28.9 Å². The van der Waals surface area contributed by atoms with Gasteiger partial charge in [0.15, 0.2) is 5.82 Å². The molecule has 0 fully saturated rings. The van der Waals surface area contributed by atoms with Crippen LogP contribution in [-0.2, 0) is 6.42 Å². The molecular weight excluding hydrogens is 302 g/mol. The van der Waals surface area contributed by atoms with Crippen LogP contribution in [0.15, 0.2) is 11.0 Å². The van der Waals surface area contributed by atoms with Crippen molar-refractivity contribution < 1.29 is 23.6 Å². The van der Waals surface area contributed by atoms with Gasteiger partial charge in [-0.15, -0.1) is 0 Å². The minimum atomic E-state index is -1.74. The Balaban J connectivity index is 2.68. The van der Waals surface area contributed by atoms with Crippen LogP contribution < -0.4 is 5.43 Å². The summed E-state index contributed by atoms with van der Waals surface area (Å²) >= 11 is 0. The Labute approximate surface area is 120 Å². The van der Waals surface area contributed by atoms with E-state index in [4.69, 9.17) is 5.11 Å². The molecule has 2 heterocycles. The zero-order valence-corrected chi connectivity index (χ0v) is 11.1. The van der Waals surface area contributed by atoms with E-state index in [-0.39, 0.29) is 17.5 Å². The van der Waals surface area contributed by atoms with Gasteiger partial charge in [0.2, 0.25) is 11.2 Å². The van der Waals surface area contributed by atoms with Crippen LogP contribution in [-0.4, -0.2) is 20.6 Å². The first kappa shape index (κ1) is 14.1. The minimum Gasteiger partial charge on any atom is -0.477 e. The van der Waals surface area contributed by atoms with E-state index in [1.807, 2.05) is 0 Å². The molecule has 7 nitrogen and oxygen atoms in total. The number of aromatic carboxylic acids is 1. The number of pyridine rings is 1. The maximum atomic E-state index is 14.0. The van der Waals surface area contributed by atoms with Gasteiger partial charge in [-0.25, -0.2) is 9.18 Å². The first-order chi connectivity index (χ1) is 10.3. The van der Waals surface area contributed by atoms with Gasteiger partial charge in [0.25, 0.3) is 0 Å². The van der Waals surface area contributed by atoms with Crippen molar-refractivity contribution in [2.45, 2.75) is 19.4 Å². The van der Waals surface area contributed by atoms with Gasteiger partial charge in [-0.3, -0.25) is 14.9 Å². The van der Waals surface area contributed by atoms with E-state index in [1.165, 1.54) is 4.57 Å². The van der Waals surface area contributed by atoms with Crippen LogP contribution in [0.3, 0.4) is 0 Å². The third kappa shape index (κ3) is 1.59. The Morgan fingerprint density at radius 3 is 2.64 bits per heavy atom. The molecular formula is C13H8F2N2O5. The highest BCUT2D eigenvalue weighted by atomic mass is 19.2. The summed E-state index contributed by atoms with van der Waals surface area (Å²) in [6.45, 7) is 1.61. The zero-order chi connectivity index (χ0) is 16.3. The molecule has 114 valence electrons. The molecule has 0 amide bonds. The fourth-order valence-corrected chi connectivity index (χ4v) is 2.86. The second kappa shape index (κ2) is 4.33. The largest absolute Gasteiger partial charge is 0.477 e. The molecule has 9 heteroatoms. The van der Waals surface area contributed by atoms with E-state index in [1.54, 1.807) is 6.92 Å². The van der Waals surface area contributed by atoms with E-state index < -0.39 is 50.6 Å². The summed E-state index contributed by atoms with van der Waals surface area (Å²) in [5, 5.41) is 19.4. The third-order valence-corrected chi connectivity index (χ3v) is 3.81. The van der Waals surface area contributed by atoms with Crippen LogP contribution in [0.2, 0.25) is 0 Å². The van der Waals surface area contributed by atoms with Crippen LogP contribution in [0, 0.1) is 21.7 Å². The highest BCUT2D eigenvalue weighted by molar-refractivity contribution is 5.98. The first-order valence-electron chi connectivity index (χ1n) is 6.22. The number of nitro benzene ring substituents is 1. The summed E-state index contributed by atoms with van der Waals surface area (Å²) < 4.78 is 29.3. The third-order valence-electron chi connectivity index (χ3n) is 3.81. The number of halogens is 2. The number of carboxylic acids is 1. The average Bonchev–Trinajstić information content (AvgIpc) is 2.75.